The van der Waals surface area contributed by atoms with Gasteiger partial charge >= 0.3 is 5.97 Å². The lowest BCUT2D eigenvalue weighted by molar-refractivity contribution is -0.142. The van der Waals surface area contributed by atoms with E-state index < -0.39 is 0 Å². The van der Waals surface area contributed by atoms with Gasteiger partial charge in [-0.15, -0.1) is 0 Å². The quantitative estimate of drug-likeness (QED) is 0.760. The molecular weight excluding hydrogens is 336 g/mol. The highest BCUT2D eigenvalue weighted by atomic mass is 79.9. The molecule has 0 aliphatic rings. The largest absolute Gasteiger partial charge is 0.468 e. The second-order valence-electron chi connectivity index (χ2n) is 4.72. The Morgan fingerprint density at radius 3 is 2.43 bits per heavy atom. The second-order valence-corrected chi connectivity index (χ2v) is 5.64. The van der Waals surface area contributed by atoms with Gasteiger partial charge in [-0.3, -0.25) is 14.5 Å². The van der Waals surface area contributed by atoms with E-state index in [1.807, 2.05) is 38.1 Å². The third-order valence-corrected chi connectivity index (χ3v) is 3.67. The minimum Gasteiger partial charge on any atom is -0.468 e. The SMILES string of the molecule is CCN(CC(=O)NC(C)c1ccc(Br)cc1)CC(=O)OC. The predicted molar refractivity (Wildman–Crippen MR) is 84.8 cm³/mol. The summed E-state index contributed by atoms with van der Waals surface area (Å²) in [6.45, 7) is 4.72. The van der Waals surface area contributed by atoms with Crippen LogP contribution in [-0.2, 0) is 14.3 Å². The number of hydrogen-bond acceptors (Lipinski definition) is 4. The van der Waals surface area contributed by atoms with E-state index in [0.29, 0.717) is 6.54 Å². The standard InChI is InChI=1S/C15H21BrN2O3/c1-4-18(10-15(20)21-3)9-14(19)17-11(2)12-5-7-13(16)8-6-12/h5-8,11H,4,9-10H2,1-3H3,(H,17,19). The molecule has 1 aromatic carbocycles. The van der Waals surface area contributed by atoms with Gasteiger partial charge in [0.25, 0.3) is 0 Å². The molecule has 0 saturated carbocycles. The molecule has 0 saturated heterocycles. The first-order chi connectivity index (χ1) is 9.96. The zero-order chi connectivity index (χ0) is 15.8. The van der Waals surface area contributed by atoms with Crippen LogP contribution in [0.3, 0.4) is 0 Å². The number of esters is 1. The zero-order valence-corrected chi connectivity index (χ0v) is 14.1. The van der Waals surface area contributed by atoms with Crippen LogP contribution in [-0.4, -0.2) is 43.5 Å². The fourth-order valence-electron chi connectivity index (χ4n) is 1.85. The average Bonchev–Trinajstić information content (AvgIpc) is 2.46. The summed E-state index contributed by atoms with van der Waals surface area (Å²) in [5.41, 5.74) is 1.03. The molecule has 5 nitrogen and oxygen atoms in total. The maximum Gasteiger partial charge on any atom is 0.319 e. The lowest BCUT2D eigenvalue weighted by Crippen LogP contribution is -2.40. The molecule has 116 valence electrons. The molecule has 0 spiro atoms. The van der Waals surface area contributed by atoms with Crippen LogP contribution in [0.1, 0.15) is 25.5 Å². The Morgan fingerprint density at radius 1 is 1.29 bits per heavy atom. The summed E-state index contributed by atoms with van der Waals surface area (Å²) in [5, 5.41) is 2.92. The molecule has 21 heavy (non-hydrogen) atoms. The summed E-state index contributed by atoms with van der Waals surface area (Å²) in [7, 11) is 1.34. The van der Waals surface area contributed by atoms with Crippen LogP contribution < -0.4 is 5.32 Å². The van der Waals surface area contributed by atoms with Gasteiger partial charge in [0.05, 0.1) is 26.2 Å². The Labute approximate surface area is 133 Å². The summed E-state index contributed by atoms with van der Waals surface area (Å²) < 4.78 is 5.61. The van der Waals surface area contributed by atoms with E-state index in [1.54, 1.807) is 4.90 Å². The number of carbonyl (C=O) groups excluding carboxylic acids is 2. The molecule has 0 aromatic heterocycles. The third kappa shape index (κ3) is 6.27. The number of likely N-dealkylation sites (N-methyl/N-ethyl adjacent to an activating group) is 1. The van der Waals surface area contributed by atoms with Crippen LogP contribution in [0.2, 0.25) is 0 Å². The van der Waals surface area contributed by atoms with Crippen molar-refractivity contribution in [3.63, 3.8) is 0 Å². The topological polar surface area (TPSA) is 58.6 Å². The Balaban J connectivity index is 2.51. The average molecular weight is 357 g/mol. The van der Waals surface area contributed by atoms with Gasteiger partial charge in [0, 0.05) is 4.47 Å². The molecule has 0 bridgehead atoms. The highest BCUT2D eigenvalue weighted by molar-refractivity contribution is 9.10. The normalized spacial score (nSPS) is 12.0. The predicted octanol–water partition coefficient (Wildman–Crippen LogP) is 2.12. The van der Waals surface area contributed by atoms with Crippen LogP contribution in [0, 0.1) is 0 Å². The molecule has 0 heterocycles. The van der Waals surface area contributed by atoms with E-state index in [0.717, 1.165) is 10.0 Å². The van der Waals surface area contributed by atoms with Crippen molar-refractivity contribution < 1.29 is 14.3 Å². The zero-order valence-electron chi connectivity index (χ0n) is 12.6. The Hall–Kier alpha value is -1.40. The van der Waals surface area contributed by atoms with Gasteiger partial charge in [0.1, 0.15) is 0 Å². The van der Waals surface area contributed by atoms with Gasteiger partial charge in [0.15, 0.2) is 0 Å². The van der Waals surface area contributed by atoms with Gasteiger partial charge < -0.3 is 10.1 Å². The van der Waals surface area contributed by atoms with Gasteiger partial charge in [0.2, 0.25) is 5.91 Å². The third-order valence-electron chi connectivity index (χ3n) is 3.14. The molecule has 1 rings (SSSR count). The lowest BCUT2D eigenvalue weighted by atomic mass is 10.1. The number of hydrogen-bond donors (Lipinski definition) is 1. The molecule has 1 atom stereocenters. The van der Waals surface area contributed by atoms with Crippen LogP contribution >= 0.6 is 15.9 Å². The molecule has 0 fully saturated rings. The van der Waals surface area contributed by atoms with E-state index in [-0.39, 0.29) is 31.0 Å². The number of amides is 1. The lowest BCUT2D eigenvalue weighted by Gasteiger charge is -2.20. The highest BCUT2D eigenvalue weighted by Gasteiger charge is 2.15. The first-order valence-corrected chi connectivity index (χ1v) is 7.59. The van der Waals surface area contributed by atoms with E-state index in [1.165, 1.54) is 7.11 Å². The Bertz CT molecular complexity index is 476. The number of methoxy groups -OCH3 is 1. The van der Waals surface area contributed by atoms with Crippen molar-refractivity contribution in [2.75, 3.05) is 26.7 Å². The highest BCUT2D eigenvalue weighted by Crippen LogP contribution is 2.16. The van der Waals surface area contributed by atoms with E-state index >= 15 is 0 Å². The van der Waals surface area contributed by atoms with Crippen LogP contribution in [0.4, 0.5) is 0 Å². The maximum absolute atomic E-state index is 12.0. The molecule has 0 radical (unpaired) electrons. The van der Waals surface area contributed by atoms with Crippen LogP contribution in [0.25, 0.3) is 0 Å². The van der Waals surface area contributed by atoms with Crippen molar-refractivity contribution in [2.45, 2.75) is 19.9 Å². The molecule has 0 aliphatic carbocycles. The minimum atomic E-state index is -0.342. The molecular formula is C15H21BrN2O3. The van der Waals surface area contributed by atoms with Crippen molar-refractivity contribution in [2.24, 2.45) is 0 Å². The van der Waals surface area contributed by atoms with Crippen molar-refractivity contribution >= 4 is 27.8 Å². The van der Waals surface area contributed by atoms with E-state index in [2.05, 4.69) is 26.0 Å². The number of ether oxygens (including phenoxy) is 1. The Morgan fingerprint density at radius 2 is 1.90 bits per heavy atom. The van der Waals surface area contributed by atoms with Crippen LogP contribution in [0.15, 0.2) is 28.7 Å². The fraction of sp³-hybridized carbons (Fsp3) is 0.467. The number of nitrogens with one attached hydrogen (secondary N) is 1. The number of rotatable bonds is 7. The number of nitrogens with zero attached hydrogens (tertiary/aromatic N) is 1. The first-order valence-electron chi connectivity index (χ1n) is 6.80. The first kappa shape index (κ1) is 17.7. The second kappa shape index (κ2) is 8.79. The van der Waals surface area contributed by atoms with Crippen molar-refractivity contribution in [1.29, 1.82) is 0 Å². The summed E-state index contributed by atoms with van der Waals surface area (Å²) >= 11 is 3.38. The smallest absolute Gasteiger partial charge is 0.319 e. The number of benzene rings is 1. The number of halogens is 1. The molecule has 0 aliphatic heterocycles. The minimum absolute atomic E-state index is 0.0811. The maximum atomic E-state index is 12.0. The van der Waals surface area contributed by atoms with Crippen molar-refractivity contribution in [3.8, 4) is 0 Å². The summed E-state index contributed by atoms with van der Waals surface area (Å²) in [6, 6.07) is 7.71. The number of carbonyl (C=O) groups is 2. The molecule has 6 heteroatoms. The van der Waals surface area contributed by atoms with Gasteiger partial charge in [-0.25, -0.2) is 0 Å². The molecule has 1 amide bonds. The molecule has 1 aromatic rings. The van der Waals surface area contributed by atoms with Gasteiger partial charge in [-0.2, -0.15) is 0 Å². The van der Waals surface area contributed by atoms with E-state index in [4.69, 9.17) is 0 Å². The summed E-state index contributed by atoms with van der Waals surface area (Å²) in [6.07, 6.45) is 0. The van der Waals surface area contributed by atoms with Crippen molar-refractivity contribution in [3.05, 3.63) is 34.3 Å². The Kier molecular flexibility index (Phi) is 7.39. The van der Waals surface area contributed by atoms with Gasteiger partial charge in [-0.1, -0.05) is 35.0 Å². The van der Waals surface area contributed by atoms with Crippen LogP contribution in [0.5, 0.6) is 0 Å². The monoisotopic (exact) mass is 356 g/mol. The molecule has 1 unspecified atom stereocenters. The fourth-order valence-corrected chi connectivity index (χ4v) is 2.12. The molecule has 1 N–H and O–H groups in total. The van der Waals surface area contributed by atoms with E-state index in [9.17, 15) is 9.59 Å². The summed E-state index contributed by atoms with van der Waals surface area (Å²) in [4.78, 5) is 25.0. The van der Waals surface area contributed by atoms with Gasteiger partial charge in [-0.05, 0) is 31.2 Å². The van der Waals surface area contributed by atoms with Crippen molar-refractivity contribution in [1.82, 2.24) is 10.2 Å². The summed E-state index contributed by atoms with van der Waals surface area (Å²) in [5.74, 6) is -0.457.